The van der Waals surface area contributed by atoms with Crippen molar-refractivity contribution < 1.29 is 27.1 Å². The van der Waals surface area contributed by atoms with Crippen LogP contribution >= 0.6 is 0 Å². The smallest absolute Gasteiger partial charge is 0.406 e. The summed E-state index contributed by atoms with van der Waals surface area (Å²) in [5, 5.41) is 6.09. The first-order valence-electron chi connectivity index (χ1n) is 9.62. The molecule has 2 aromatic heterocycles. The number of nitrogens with two attached hydrogens (primary N) is 1. The number of primary amides is 1. The van der Waals surface area contributed by atoms with Gasteiger partial charge < -0.3 is 21.1 Å². The summed E-state index contributed by atoms with van der Waals surface area (Å²) in [6, 6.07) is 6.15. The van der Waals surface area contributed by atoms with Crippen LogP contribution in [-0.4, -0.2) is 52.5 Å². The van der Waals surface area contributed by atoms with Crippen molar-refractivity contribution in [1.82, 2.24) is 20.3 Å². The van der Waals surface area contributed by atoms with Gasteiger partial charge in [0, 0.05) is 31.1 Å². The van der Waals surface area contributed by atoms with E-state index in [1.54, 1.807) is 0 Å². The highest BCUT2D eigenvalue weighted by atomic mass is 19.4. The van der Waals surface area contributed by atoms with E-state index >= 15 is 0 Å². The van der Waals surface area contributed by atoms with Crippen LogP contribution in [-0.2, 0) is 0 Å². The van der Waals surface area contributed by atoms with E-state index in [0.717, 1.165) is 12.1 Å². The summed E-state index contributed by atoms with van der Waals surface area (Å²) in [7, 11) is 0. The molecular formula is C20H18F4N6O2. The van der Waals surface area contributed by atoms with Crippen LogP contribution in [0.1, 0.15) is 16.8 Å². The monoisotopic (exact) mass is 450 g/mol. The van der Waals surface area contributed by atoms with Crippen molar-refractivity contribution in [1.29, 1.82) is 0 Å². The van der Waals surface area contributed by atoms with Crippen molar-refractivity contribution in [3.63, 3.8) is 0 Å². The Hall–Kier alpha value is -3.54. The predicted molar refractivity (Wildman–Crippen MR) is 108 cm³/mol. The van der Waals surface area contributed by atoms with Crippen LogP contribution in [0.25, 0.3) is 22.3 Å². The highest BCUT2D eigenvalue weighted by Gasteiger charge is 2.31. The Morgan fingerprint density at radius 1 is 1.16 bits per heavy atom. The number of alkyl halides is 4. The van der Waals surface area contributed by atoms with Crippen LogP contribution < -0.4 is 21.1 Å². The summed E-state index contributed by atoms with van der Waals surface area (Å²) >= 11 is 0. The average Bonchev–Trinajstić information content (AvgIpc) is 2.73. The maximum absolute atomic E-state index is 13.7. The molecule has 4 N–H and O–H groups in total. The van der Waals surface area contributed by atoms with Crippen LogP contribution in [0.15, 0.2) is 36.7 Å². The fourth-order valence-electron chi connectivity index (χ4n) is 3.50. The van der Waals surface area contributed by atoms with Crippen LogP contribution in [0.5, 0.6) is 5.75 Å². The van der Waals surface area contributed by atoms with Crippen LogP contribution in [0.4, 0.5) is 23.4 Å². The molecular weight excluding hydrogens is 432 g/mol. The van der Waals surface area contributed by atoms with Gasteiger partial charge in [-0.25, -0.2) is 19.3 Å². The second-order valence-electron chi connectivity index (χ2n) is 7.24. The summed E-state index contributed by atoms with van der Waals surface area (Å²) in [5.74, 6) is -0.866. The van der Waals surface area contributed by atoms with Crippen molar-refractivity contribution in [3.8, 4) is 17.0 Å². The molecule has 2 atom stereocenters. The van der Waals surface area contributed by atoms with E-state index in [1.807, 2.05) is 0 Å². The zero-order valence-electron chi connectivity index (χ0n) is 16.5. The summed E-state index contributed by atoms with van der Waals surface area (Å²) < 4.78 is 54.8. The van der Waals surface area contributed by atoms with Gasteiger partial charge in [-0.1, -0.05) is 0 Å². The second-order valence-corrected chi connectivity index (χ2v) is 7.24. The van der Waals surface area contributed by atoms with Gasteiger partial charge in [0.15, 0.2) is 5.82 Å². The molecule has 4 rings (SSSR count). The lowest BCUT2D eigenvalue weighted by molar-refractivity contribution is -0.274. The topological polar surface area (TPSA) is 115 Å². The lowest BCUT2D eigenvalue weighted by Gasteiger charge is -2.27. The number of amides is 1. The molecule has 1 aliphatic rings. The second kappa shape index (κ2) is 8.54. The number of aromatic nitrogens is 3. The molecule has 3 heterocycles. The standard InChI is InChI=1S/C20H18F4N6O2/c21-11-5-12(8-26-7-11)29-19-17-16(27-9-28-19)14(18(25)31)6-15(30-17)10-1-3-13(4-2-10)32-20(22,23)24/h1-4,6,9,11-12,26H,5,7-8H2,(H2,25,31)(H,27,28,29)/t11-,12+/m0/s1. The number of hydrogen-bond acceptors (Lipinski definition) is 7. The first kappa shape index (κ1) is 21.7. The molecule has 1 fully saturated rings. The number of nitrogens with one attached hydrogen (secondary N) is 2. The van der Waals surface area contributed by atoms with Gasteiger partial charge in [0.1, 0.15) is 29.3 Å². The van der Waals surface area contributed by atoms with E-state index in [0.29, 0.717) is 12.1 Å². The molecule has 32 heavy (non-hydrogen) atoms. The van der Waals surface area contributed by atoms with Gasteiger partial charge >= 0.3 is 6.36 Å². The van der Waals surface area contributed by atoms with E-state index < -0.39 is 24.2 Å². The summed E-state index contributed by atoms with van der Waals surface area (Å²) in [6.07, 6.45) is -4.32. The molecule has 0 radical (unpaired) electrons. The Balaban J connectivity index is 1.74. The quantitative estimate of drug-likeness (QED) is 0.512. The molecule has 0 saturated carbocycles. The lowest BCUT2D eigenvalue weighted by Crippen LogP contribution is -2.44. The van der Waals surface area contributed by atoms with Gasteiger partial charge in [0.25, 0.3) is 5.91 Å². The Labute approximate surface area is 179 Å². The number of anilines is 1. The van der Waals surface area contributed by atoms with Crippen LogP contribution in [0.3, 0.4) is 0 Å². The number of piperidine rings is 1. The molecule has 0 spiro atoms. The molecule has 12 heteroatoms. The maximum atomic E-state index is 13.7. The first-order valence-corrected chi connectivity index (χ1v) is 9.62. The lowest BCUT2D eigenvalue weighted by atomic mass is 10.1. The zero-order valence-corrected chi connectivity index (χ0v) is 16.5. The van der Waals surface area contributed by atoms with Crippen LogP contribution in [0.2, 0.25) is 0 Å². The Morgan fingerprint density at radius 2 is 1.91 bits per heavy atom. The molecule has 3 aromatic rings. The van der Waals surface area contributed by atoms with Crippen molar-refractivity contribution >= 4 is 22.8 Å². The summed E-state index contributed by atoms with van der Waals surface area (Å²) in [5.41, 5.74) is 6.71. The summed E-state index contributed by atoms with van der Waals surface area (Å²) in [6.45, 7) is 0.778. The molecule has 1 aromatic carbocycles. The van der Waals surface area contributed by atoms with E-state index in [9.17, 15) is 22.4 Å². The van der Waals surface area contributed by atoms with Gasteiger partial charge in [0.05, 0.1) is 11.3 Å². The van der Waals surface area contributed by atoms with E-state index in [1.165, 1.54) is 24.5 Å². The number of halogens is 4. The molecule has 8 nitrogen and oxygen atoms in total. The molecule has 1 saturated heterocycles. The zero-order chi connectivity index (χ0) is 22.9. The highest BCUT2D eigenvalue weighted by molar-refractivity contribution is 6.06. The first-order chi connectivity index (χ1) is 15.2. The van der Waals surface area contributed by atoms with E-state index in [2.05, 4.69) is 30.3 Å². The minimum Gasteiger partial charge on any atom is -0.406 e. The van der Waals surface area contributed by atoms with Gasteiger partial charge in [-0.3, -0.25) is 4.79 Å². The van der Waals surface area contributed by atoms with Gasteiger partial charge in [-0.2, -0.15) is 0 Å². The molecule has 1 aliphatic heterocycles. The van der Waals surface area contributed by atoms with Crippen molar-refractivity contribution in [3.05, 3.63) is 42.2 Å². The van der Waals surface area contributed by atoms with Crippen molar-refractivity contribution in [2.24, 2.45) is 5.73 Å². The number of hydrogen-bond donors (Lipinski definition) is 3. The molecule has 168 valence electrons. The largest absolute Gasteiger partial charge is 0.573 e. The highest BCUT2D eigenvalue weighted by Crippen LogP contribution is 2.30. The number of rotatable bonds is 5. The minimum absolute atomic E-state index is 0.0659. The third kappa shape index (κ3) is 4.85. The molecule has 0 aliphatic carbocycles. The van der Waals surface area contributed by atoms with E-state index in [-0.39, 0.29) is 47.1 Å². The minimum atomic E-state index is -4.81. The molecule has 0 bridgehead atoms. The van der Waals surface area contributed by atoms with Gasteiger partial charge in [-0.15, -0.1) is 13.2 Å². The predicted octanol–water partition coefficient (Wildman–Crippen LogP) is 2.80. The van der Waals surface area contributed by atoms with Gasteiger partial charge in [0.2, 0.25) is 0 Å². The third-order valence-corrected chi connectivity index (χ3v) is 4.88. The van der Waals surface area contributed by atoms with Gasteiger partial charge in [-0.05, 0) is 30.3 Å². The normalized spacial score (nSPS) is 19.0. The number of benzene rings is 1. The SMILES string of the molecule is NC(=O)c1cc(-c2ccc(OC(F)(F)F)cc2)nc2c(N[C@H]3CNC[C@@H](F)C3)ncnc12. The maximum Gasteiger partial charge on any atom is 0.573 e. The fraction of sp³-hybridized carbons (Fsp3) is 0.300. The number of ether oxygens (including phenoxy) is 1. The average molecular weight is 450 g/mol. The number of nitrogens with zero attached hydrogens (tertiary/aromatic N) is 3. The van der Waals surface area contributed by atoms with E-state index in [4.69, 9.17) is 5.73 Å². The number of carbonyl (C=O) groups excluding carboxylic acids is 1. The summed E-state index contributed by atoms with van der Waals surface area (Å²) in [4.78, 5) is 24.9. The molecule has 0 unspecified atom stereocenters. The number of fused-ring (bicyclic) bond motifs is 1. The van der Waals surface area contributed by atoms with Crippen LogP contribution in [0, 0.1) is 0 Å². The Morgan fingerprint density at radius 3 is 2.56 bits per heavy atom. The fourth-order valence-corrected chi connectivity index (χ4v) is 3.50. The molecule has 1 amide bonds. The Bertz CT molecular complexity index is 1140. The number of pyridine rings is 1. The van der Waals surface area contributed by atoms with Crippen molar-refractivity contribution in [2.75, 3.05) is 18.4 Å². The third-order valence-electron chi connectivity index (χ3n) is 4.88. The Kier molecular flexibility index (Phi) is 5.78. The number of carbonyl (C=O) groups is 1. The van der Waals surface area contributed by atoms with Crippen molar-refractivity contribution in [2.45, 2.75) is 25.0 Å².